The number of hydrogen-bond donors (Lipinski definition) is 1. The molecule has 1 atom stereocenters. The maximum absolute atomic E-state index is 12.6. The van der Waals surface area contributed by atoms with Gasteiger partial charge >= 0.3 is 5.97 Å². The van der Waals surface area contributed by atoms with Crippen molar-refractivity contribution >= 4 is 11.9 Å². The molecule has 27 heavy (non-hydrogen) atoms. The summed E-state index contributed by atoms with van der Waals surface area (Å²) < 4.78 is 5.62. The van der Waals surface area contributed by atoms with Crippen molar-refractivity contribution in [2.75, 3.05) is 0 Å². The molecule has 1 aliphatic heterocycles. The number of cyclic esters (lactones) is 1. The van der Waals surface area contributed by atoms with Crippen molar-refractivity contribution in [1.82, 2.24) is 5.32 Å². The monoisotopic (exact) mass is 363 g/mol. The van der Waals surface area contributed by atoms with E-state index >= 15 is 0 Å². The lowest BCUT2D eigenvalue weighted by atomic mass is 9.92. The van der Waals surface area contributed by atoms with Gasteiger partial charge in [-0.05, 0) is 49.1 Å². The molecule has 4 nitrogen and oxygen atoms in total. The van der Waals surface area contributed by atoms with Gasteiger partial charge in [0, 0.05) is 18.0 Å². The van der Waals surface area contributed by atoms with Crippen LogP contribution in [-0.4, -0.2) is 17.9 Å². The Labute approximate surface area is 159 Å². The van der Waals surface area contributed by atoms with Crippen molar-refractivity contribution < 1.29 is 14.3 Å². The van der Waals surface area contributed by atoms with Gasteiger partial charge in [-0.2, -0.15) is 0 Å². The Balaban J connectivity index is 1.53. The SMILES string of the molecule is Cc1ccc(C2Cc3cc(C(=O)NC4CCCCC4)ccc3C(=O)O2)cc1. The van der Waals surface area contributed by atoms with Crippen LogP contribution in [0, 0.1) is 6.92 Å². The molecule has 140 valence electrons. The first-order valence-corrected chi connectivity index (χ1v) is 9.81. The number of ether oxygens (including phenoxy) is 1. The lowest BCUT2D eigenvalue weighted by molar-refractivity contribution is 0.0252. The minimum Gasteiger partial charge on any atom is -0.454 e. The van der Waals surface area contributed by atoms with Gasteiger partial charge < -0.3 is 10.1 Å². The van der Waals surface area contributed by atoms with Crippen molar-refractivity contribution in [2.45, 2.75) is 57.6 Å². The van der Waals surface area contributed by atoms with E-state index in [1.54, 1.807) is 12.1 Å². The first-order chi connectivity index (χ1) is 13.1. The van der Waals surface area contributed by atoms with E-state index in [2.05, 4.69) is 5.32 Å². The zero-order valence-corrected chi connectivity index (χ0v) is 15.7. The number of rotatable bonds is 3. The predicted octanol–water partition coefficient (Wildman–Crippen LogP) is 4.51. The van der Waals surface area contributed by atoms with Gasteiger partial charge in [0.15, 0.2) is 0 Å². The molecule has 2 aromatic carbocycles. The maximum Gasteiger partial charge on any atom is 0.339 e. The van der Waals surface area contributed by atoms with Crippen LogP contribution >= 0.6 is 0 Å². The molecule has 2 aliphatic rings. The van der Waals surface area contributed by atoms with E-state index in [1.807, 2.05) is 37.3 Å². The summed E-state index contributed by atoms with van der Waals surface area (Å²) in [5.41, 5.74) is 4.22. The third kappa shape index (κ3) is 3.90. The molecule has 1 fully saturated rings. The quantitative estimate of drug-likeness (QED) is 0.816. The Morgan fingerprint density at radius 2 is 1.78 bits per heavy atom. The summed E-state index contributed by atoms with van der Waals surface area (Å²) in [5.74, 6) is -0.364. The van der Waals surface area contributed by atoms with Gasteiger partial charge in [-0.1, -0.05) is 49.1 Å². The summed E-state index contributed by atoms with van der Waals surface area (Å²) in [6.07, 6.45) is 6.01. The number of hydrogen-bond acceptors (Lipinski definition) is 3. The minimum atomic E-state index is -0.318. The fourth-order valence-electron chi connectivity index (χ4n) is 4.02. The summed E-state index contributed by atoms with van der Waals surface area (Å²) in [6.45, 7) is 2.03. The molecular weight excluding hydrogens is 338 g/mol. The van der Waals surface area contributed by atoms with Crippen LogP contribution < -0.4 is 5.32 Å². The molecular formula is C23H25NO3. The van der Waals surface area contributed by atoms with Gasteiger partial charge in [0.05, 0.1) is 5.56 Å². The molecule has 0 bridgehead atoms. The Morgan fingerprint density at radius 3 is 2.52 bits per heavy atom. The number of esters is 1. The van der Waals surface area contributed by atoms with Crippen LogP contribution in [0.25, 0.3) is 0 Å². The Morgan fingerprint density at radius 1 is 1.04 bits per heavy atom. The molecule has 0 radical (unpaired) electrons. The van der Waals surface area contributed by atoms with E-state index in [-0.39, 0.29) is 24.0 Å². The van der Waals surface area contributed by atoms with Gasteiger partial charge in [0.1, 0.15) is 6.10 Å². The highest BCUT2D eigenvalue weighted by Crippen LogP contribution is 2.31. The smallest absolute Gasteiger partial charge is 0.339 e. The summed E-state index contributed by atoms with van der Waals surface area (Å²) in [7, 11) is 0. The second-order valence-electron chi connectivity index (χ2n) is 7.69. The van der Waals surface area contributed by atoms with Crippen LogP contribution in [0.1, 0.15) is 75.6 Å². The fraction of sp³-hybridized carbons (Fsp3) is 0.391. The number of nitrogens with one attached hydrogen (secondary N) is 1. The number of benzene rings is 2. The highest BCUT2D eigenvalue weighted by molar-refractivity contribution is 5.98. The number of carbonyl (C=O) groups is 2. The molecule has 0 saturated heterocycles. The normalized spacial score (nSPS) is 19.9. The van der Waals surface area contributed by atoms with Crippen molar-refractivity contribution in [3.05, 3.63) is 70.3 Å². The molecule has 1 aliphatic carbocycles. The zero-order chi connectivity index (χ0) is 18.8. The standard InChI is InChI=1S/C23H25NO3/c1-15-7-9-16(10-8-15)21-14-18-13-17(11-12-20(18)23(26)27-21)22(25)24-19-5-3-2-4-6-19/h7-13,19,21H,2-6,14H2,1H3,(H,24,25). The Bertz CT molecular complexity index is 850. The second-order valence-corrected chi connectivity index (χ2v) is 7.69. The second kappa shape index (κ2) is 7.55. The number of aryl methyl sites for hydroxylation is 1. The Kier molecular flexibility index (Phi) is 4.97. The zero-order valence-electron chi connectivity index (χ0n) is 15.7. The van der Waals surface area contributed by atoms with Crippen molar-refractivity contribution in [1.29, 1.82) is 0 Å². The van der Waals surface area contributed by atoms with Crippen molar-refractivity contribution in [3.8, 4) is 0 Å². The molecule has 1 N–H and O–H groups in total. The van der Waals surface area contributed by atoms with E-state index in [1.165, 1.54) is 24.8 Å². The molecule has 4 heteroatoms. The first-order valence-electron chi connectivity index (χ1n) is 9.81. The molecule has 0 aromatic heterocycles. The highest BCUT2D eigenvalue weighted by atomic mass is 16.5. The number of amides is 1. The lowest BCUT2D eigenvalue weighted by Crippen LogP contribution is -2.36. The first kappa shape index (κ1) is 17.8. The van der Waals surface area contributed by atoms with Gasteiger partial charge in [0.25, 0.3) is 5.91 Å². The predicted molar refractivity (Wildman–Crippen MR) is 104 cm³/mol. The molecule has 4 rings (SSSR count). The lowest BCUT2D eigenvalue weighted by Gasteiger charge is -2.26. The maximum atomic E-state index is 12.6. The highest BCUT2D eigenvalue weighted by Gasteiger charge is 2.28. The van der Waals surface area contributed by atoms with Crippen LogP contribution in [-0.2, 0) is 11.2 Å². The molecule has 1 unspecified atom stereocenters. The minimum absolute atomic E-state index is 0.0458. The topological polar surface area (TPSA) is 55.4 Å². The van der Waals surface area contributed by atoms with Gasteiger partial charge in [0.2, 0.25) is 0 Å². The van der Waals surface area contributed by atoms with Crippen molar-refractivity contribution in [2.24, 2.45) is 0 Å². The number of fused-ring (bicyclic) bond motifs is 1. The molecule has 0 spiro atoms. The summed E-state index contributed by atoms with van der Waals surface area (Å²) in [5, 5.41) is 3.15. The third-order valence-corrected chi connectivity index (χ3v) is 5.63. The fourth-order valence-corrected chi connectivity index (χ4v) is 4.02. The summed E-state index contributed by atoms with van der Waals surface area (Å²) >= 11 is 0. The van der Waals surface area contributed by atoms with Crippen molar-refractivity contribution in [3.63, 3.8) is 0 Å². The summed E-state index contributed by atoms with van der Waals surface area (Å²) in [6, 6.07) is 13.6. The third-order valence-electron chi connectivity index (χ3n) is 5.63. The largest absolute Gasteiger partial charge is 0.454 e. The van der Waals surface area contributed by atoms with Crippen LogP contribution in [0.3, 0.4) is 0 Å². The molecule has 1 heterocycles. The van der Waals surface area contributed by atoms with Crippen LogP contribution in [0.2, 0.25) is 0 Å². The average molecular weight is 363 g/mol. The molecule has 1 saturated carbocycles. The molecule has 2 aromatic rings. The Hall–Kier alpha value is -2.62. The van der Waals surface area contributed by atoms with Gasteiger partial charge in [-0.15, -0.1) is 0 Å². The number of carbonyl (C=O) groups excluding carboxylic acids is 2. The van der Waals surface area contributed by atoms with E-state index in [0.29, 0.717) is 17.5 Å². The van der Waals surface area contributed by atoms with E-state index in [0.717, 1.165) is 24.0 Å². The van der Waals surface area contributed by atoms with E-state index < -0.39 is 0 Å². The van der Waals surface area contributed by atoms with Crippen LogP contribution in [0.5, 0.6) is 0 Å². The van der Waals surface area contributed by atoms with Crippen LogP contribution in [0.4, 0.5) is 0 Å². The van der Waals surface area contributed by atoms with E-state index in [4.69, 9.17) is 4.74 Å². The van der Waals surface area contributed by atoms with Gasteiger partial charge in [-0.3, -0.25) is 4.79 Å². The summed E-state index contributed by atoms with van der Waals surface area (Å²) in [4.78, 5) is 25.1. The van der Waals surface area contributed by atoms with Crippen LogP contribution in [0.15, 0.2) is 42.5 Å². The van der Waals surface area contributed by atoms with E-state index in [9.17, 15) is 9.59 Å². The van der Waals surface area contributed by atoms with Gasteiger partial charge in [-0.25, -0.2) is 4.79 Å². The molecule has 1 amide bonds. The average Bonchev–Trinajstić information content (AvgIpc) is 2.69.